The van der Waals surface area contributed by atoms with Gasteiger partial charge in [-0.05, 0) is 24.5 Å². The highest BCUT2D eigenvalue weighted by molar-refractivity contribution is 6.24. The Balaban J connectivity index is 1.58. The molecule has 0 saturated carbocycles. The summed E-state index contributed by atoms with van der Waals surface area (Å²) in [7, 11) is 0. The highest BCUT2D eigenvalue weighted by atomic mass is 16.2. The van der Waals surface area contributed by atoms with Crippen LogP contribution in [0.25, 0.3) is 0 Å². The van der Waals surface area contributed by atoms with Crippen LogP contribution in [0, 0.1) is 0 Å². The van der Waals surface area contributed by atoms with Crippen LogP contribution in [-0.4, -0.2) is 53.2 Å². The Morgan fingerprint density at radius 3 is 2.64 bits per heavy atom. The number of nitrogens with zero attached hydrogens (tertiary/aromatic N) is 1. The van der Waals surface area contributed by atoms with Gasteiger partial charge in [0.1, 0.15) is 6.04 Å². The second-order valence-corrected chi connectivity index (χ2v) is 7.52. The van der Waals surface area contributed by atoms with E-state index < -0.39 is 23.8 Å². The largest absolute Gasteiger partial charge is 0.313 e. The summed E-state index contributed by atoms with van der Waals surface area (Å²) in [5, 5.41) is 8.93. The Kier molecular flexibility index (Phi) is 4.60. The van der Waals surface area contributed by atoms with Crippen LogP contribution in [0.2, 0.25) is 0 Å². The van der Waals surface area contributed by atoms with Crippen molar-refractivity contribution in [3.63, 3.8) is 0 Å². The van der Waals surface area contributed by atoms with E-state index in [1.807, 2.05) is 12.1 Å². The normalized spacial score (nSPS) is 23.3. The average molecular weight is 382 g/mol. The highest BCUT2D eigenvalue weighted by Crippen LogP contribution is 2.30. The lowest BCUT2D eigenvalue weighted by molar-refractivity contribution is -0.136. The Labute approximate surface area is 162 Å². The van der Waals surface area contributed by atoms with E-state index in [1.54, 1.807) is 12.1 Å². The lowest BCUT2D eigenvalue weighted by Gasteiger charge is -2.43. The summed E-state index contributed by atoms with van der Waals surface area (Å²) in [6.45, 7) is 5.85. The lowest BCUT2D eigenvalue weighted by atomic mass is 9.88. The summed E-state index contributed by atoms with van der Waals surface area (Å²) in [6.07, 6.45) is 2.92. The standard InChI is InChI=1S/C20H22N4O4/c1-2-8-20(10-21-11-20)22-9-12-4-3-5-13-16(12)19(28)24(18(13)27)14-6-7-15(25)23-17(14)26/h2-5,14,21-22H,1,6-11H2,(H,23,25,26). The first-order valence-electron chi connectivity index (χ1n) is 9.36. The van der Waals surface area contributed by atoms with Crippen molar-refractivity contribution in [2.24, 2.45) is 0 Å². The summed E-state index contributed by atoms with van der Waals surface area (Å²) in [6, 6.07) is 4.22. The maximum Gasteiger partial charge on any atom is 0.262 e. The molecule has 2 fully saturated rings. The number of hydrogen-bond acceptors (Lipinski definition) is 6. The molecule has 8 nitrogen and oxygen atoms in total. The van der Waals surface area contributed by atoms with Crippen LogP contribution in [0.5, 0.6) is 0 Å². The van der Waals surface area contributed by atoms with E-state index in [1.165, 1.54) is 0 Å². The van der Waals surface area contributed by atoms with Gasteiger partial charge in [-0.15, -0.1) is 6.58 Å². The summed E-state index contributed by atoms with van der Waals surface area (Å²) in [4.78, 5) is 50.5. The van der Waals surface area contributed by atoms with Gasteiger partial charge in [-0.2, -0.15) is 0 Å². The van der Waals surface area contributed by atoms with Crippen molar-refractivity contribution in [1.29, 1.82) is 0 Å². The van der Waals surface area contributed by atoms with Crippen molar-refractivity contribution in [3.05, 3.63) is 47.5 Å². The summed E-state index contributed by atoms with van der Waals surface area (Å²) < 4.78 is 0. The maximum absolute atomic E-state index is 13.1. The van der Waals surface area contributed by atoms with Crippen LogP contribution in [0.1, 0.15) is 45.5 Å². The van der Waals surface area contributed by atoms with E-state index in [2.05, 4.69) is 22.5 Å². The van der Waals surface area contributed by atoms with Crippen LogP contribution >= 0.6 is 0 Å². The molecule has 28 heavy (non-hydrogen) atoms. The summed E-state index contributed by atoms with van der Waals surface area (Å²) in [5.74, 6) is -1.95. The van der Waals surface area contributed by atoms with Gasteiger partial charge in [0.15, 0.2) is 0 Å². The van der Waals surface area contributed by atoms with Gasteiger partial charge < -0.3 is 10.6 Å². The zero-order valence-corrected chi connectivity index (χ0v) is 15.4. The van der Waals surface area contributed by atoms with Crippen LogP contribution in [0.15, 0.2) is 30.9 Å². The van der Waals surface area contributed by atoms with Crippen molar-refractivity contribution in [3.8, 4) is 0 Å². The van der Waals surface area contributed by atoms with Crippen molar-refractivity contribution in [2.45, 2.75) is 37.4 Å². The van der Waals surface area contributed by atoms with Gasteiger partial charge in [0.2, 0.25) is 11.8 Å². The number of carbonyl (C=O) groups excluding carboxylic acids is 4. The van der Waals surface area contributed by atoms with Gasteiger partial charge in [0, 0.05) is 31.6 Å². The molecule has 3 heterocycles. The Hall–Kier alpha value is -2.84. The predicted molar refractivity (Wildman–Crippen MR) is 100 cm³/mol. The summed E-state index contributed by atoms with van der Waals surface area (Å²) >= 11 is 0. The molecule has 1 aromatic carbocycles. The van der Waals surface area contributed by atoms with Gasteiger partial charge in [-0.3, -0.25) is 29.4 Å². The van der Waals surface area contributed by atoms with Gasteiger partial charge >= 0.3 is 0 Å². The van der Waals surface area contributed by atoms with Crippen LogP contribution < -0.4 is 16.0 Å². The third-order valence-electron chi connectivity index (χ3n) is 5.67. The minimum absolute atomic E-state index is 0.0978. The molecule has 0 bridgehead atoms. The minimum Gasteiger partial charge on any atom is -0.313 e. The number of imide groups is 2. The third-order valence-corrected chi connectivity index (χ3v) is 5.67. The number of benzene rings is 1. The second-order valence-electron chi connectivity index (χ2n) is 7.52. The average Bonchev–Trinajstić information content (AvgIpc) is 2.89. The first kappa shape index (κ1) is 18.5. The minimum atomic E-state index is -0.950. The molecule has 2 saturated heterocycles. The molecule has 3 aliphatic rings. The Morgan fingerprint density at radius 1 is 1.21 bits per heavy atom. The summed E-state index contributed by atoms with van der Waals surface area (Å²) in [5.41, 5.74) is 1.27. The van der Waals surface area contributed by atoms with Crippen molar-refractivity contribution >= 4 is 23.6 Å². The highest BCUT2D eigenvalue weighted by Gasteiger charge is 2.45. The Bertz CT molecular complexity index is 890. The first-order chi connectivity index (χ1) is 13.5. The van der Waals surface area contributed by atoms with E-state index in [4.69, 9.17) is 0 Å². The number of carbonyl (C=O) groups is 4. The van der Waals surface area contributed by atoms with Gasteiger partial charge in [0.05, 0.1) is 11.1 Å². The topological polar surface area (TPSA) is 108 Å². The molecule has 0 spiro atoms. The molecule has 1 atom stereocenters. The van der Waals surface area contributed by atoms with Crippen LogP contribution in [0.4, 0.5) is 0 Å². The predicted octanol–water partition coefficient (Wildman–Crippen LogP) is 0.0955. The van der Waals surface area contributed by atoms with E-state index in [0.717, 1.165) is 30.0 Å². The first-order valence-corrected chi connectivity index (χ1v) is 9.36. The SMILES string of the molecule is C=CCC1(NCc2cccc3c2C(=O)N(C2CCC(=O)NC2=O)C3=O)CNC1. The van der Waals surface area contributed by atoms with Crippen molar-refractivity contribution in [2.75, 3.05) is 13.1 Å². The third kappa shape index (κ3) is 2.94. The number of rotatable bonds is 6. The number of fused-ring (bicyclic) bond motifs is 1. The Morgan fingerprint density at radius 2 is 2.00 bits per heavy atom. The molecule has 8 heteroatoms. The molecule has 1 aromatic rings. The number of hydrogen-bond donors (Lipinski definition) is 3. The molecule has 3 aliphatic heterocycles. The number of piperidine rings is 1. The molecule has 1 unspecified atom stereocenters. The molecule has 4 rings (SSSR count). The van der Waals surface area contributed by atoms with E-state index >= 15 is 0 Å². The molecular formula is C20H22N4O4. The lowest BCUT2D eigenvalue weighted by Crippen LogP contribution is -2.67. The van der Waals surface area contributed by atoms with E-state index in [9.17, 15) is 19.2 Å². The molecule has 0 radical (unpaired) electrons. The van der Waals surface area contributed by atoms with E-state index in [0.29, 0.717) is 17.7 Å². The van der Waals surface area contributed by atoms with Gasteiger partial charge in [-0.25, -0.2) is 0 Å². The molecule has 4 amide bonds. The van der Waals surface area contributed by atoms with Crippen LogP contribution in [0.3, 0.4) is 0 Å². The number of nitrogens with one attached hydrogen (secondary N) is 3. The molecule has 0 aromatic heterocycles. The number of amides is 4. The zero-order valence-electron chi connectivity index (χ0n) is 15.4. The fourth-order valence-electron chi connectivity index (χ4n) is 4.06. The van der Waals surface area contributed by atoms with Crippen molar-refractivity contribution in [1.82, 2.24) is 20.9 Å². The van der Waals surface area contributed by atoms with Crippen LogP contribution in [-0.2, 0) is 16.1 Å². The van der Waals surface area contributed by atoms with Crippen molar-refractivity contribution < 1.29 is 19.2 Å². The zero-order chi connectivity index (χ0) is 19.9. The fourth-order valence-corrected chi connectivity index (χ4v) is 4.06. The maximum atomic E-state index is 13.1. The molecule has 146 valence electrons. The fraction of sp³-hybridized carbons (Fsp3) is 0.400. The second kappa shape index (κ2) is 6.96. The molecule has 0 aliphatic carbocycles. The monoisotopic (exact) mass is 382 g/mol. The smallest absolute Gasteiger partial charge is 0.262 e. The van der Waals surface area contributed by atoms with E-state index in [-0.39, 0.29) is 24.3 Å². The quantitative estimate of drug-likeness (QED) is 0.476. The van der Waals surface area contributed by atoms with Gasteiger partial charge in [-0.1, -0.05) is 18.2 Å². The molecule has 3 N–H and O–H groups in total. The molecular weight excluding hydrogens is 360 g/mol. The van der Waals surface area contributed by atoms with Gasteiger partial charge in [0.25, 0.3) is 11.8 Å².